The molecule has 48 heavy (non-hydrogen) atoms. The van der Waals surface area contributed by atoms with Crippen molar-refractivity contribution < 1.29 is 0 Å². The van der Waals surface area contributed by atoms with E-state index in [4.69, 9.17) is 0 Å². The smallest absolute Gasteiger partial charge is 0.0726 e. The van der Waals surface area contributed by atoms with Crippen LogP contribution in [0.2, 0.25) is 0 Å². The van der Waals surface area contributed by atoms with Gasteiger partial charge in [0.2, 0.25) is 0 Å². The second-order valence-corrected chi connectivity index (χ2v) is 14.1. The highest BCUT2D eigenvalue weighted by Gasteiger charge is 2.51. The van der Waals surface area contributed by atoms with Crippen molar-refractivity contribution in [3.8, 4) is 33.4 Å². The molecule has 0 bridgehead atoms. The number of rotatable bonds is 4. The fourth-order valence-corrected chi connectivity index (χ4v) is 8.29. The summed E-state index contributed by atoms with van der Waals surface area (Å²) in [7, 11) is 0. The number of nitrogens with zero attached hydrogens (tertiary/aromatic N) is 1. The van der Waals surface area contributed by atoms with Gasteiger partial charge in [-0.2, -0.15) is 0 Å². The van der Waals surface area contributed by atoms with Gasteiger partial charge in [0.25, 0.3) is 0 Å². The molecule has 2 aliphatic rings. The Labute approximate surface area is 283 Å². The highest BCUT2D eigenvalue weighted by atomic mass is 15.1. The summed E-state index contributed by atoms with van der Waals surface area (Å²) in [6.07, 6.45) is 0. The predicted octanol–water partition coefficient (Wildman–Crippen LogP) is 12.5. The molecule has 0 saturated carbocycles. The third-order valence-corrected chi connectivity index (χ3v) is 10.5. The first-order valence-electron chi connectivity index (χ1n) is 17.0. The van der Waals surface area contributed by atoms with Crippen LogP contribution >= 0.6 is 0 Å². The van der Waals surface area contributed by atoms with Gasteiger partial charge in [-0.3, -0.25) is 0 Å². The molecule has 2 aliphatic carbocycles. The summed E-state index contributed by atoms with van der Waals surface area (Å²) in [5.74, 6) is 0. The average Bonchev–Trinajstić information content (AvgIpc) is 3.59. The summed E-state index contributed by atoms with van der Waals surface area (Å²) in [4.78, 5) is 2.46. The van der Waals surface area contributed by atoms with Crippen molar-refractivity contribution >= 4 is 17.1 Å². The molecule has 0 fully saturated rings. The lowest BCUT2D eigenvalue weighted by Gasteiger charge is -2.33. The van der Waals surface area contributed by atoms with Crippen molar-refractivity contribution in [3.63, 3.8) is 0 Å². The lowest BCUT2D eigenvalue weighted by atomic mass is 9.70. The molecule has 7 aromatic rings. The zero-order chi connectivity index (χ0) is 32.5. The predicted molar refractivity (Wildman–Crippen MR) is 202 cm³/mol. The molecule has 0 atom stereocenters. The Morgan fingerprint density at radius 1 is 0.396 bits per heavy atom. The molecular weight excluding hydrogens is 579 g/mol. The van der Waals surface area contributed by atoms with Crippen LogP contribution in [0, 0.1) is 0 Å². The highest BCUT2D eigenvalue weighted by molar-refractivity contribution is 5.97. The third-order valence-electron chi connectivity index (χ3n) is 10.5. The monoisotopic (exact) mass is 615 g/mol. The number of anilines is 3. The molecule has 1 spiro atoms. The lowest BCUT2D eigenvalue weighted by molar-refractivity contribution is 0.590. The lowest BCUT2D eigenvalue weighted by Crippen LogP contribution is -2.26. The maximum atomic E-state index is 2.48. The fourth-order valence-electron chi connectivity index (χ4n) is 8.29. The summed E-state index contributed by atoms with van der Waals surface area (Å²) in [6, 6.07) is 63.0. The van der Waals surface area contributed by atoms with Crippen LogP contribution in [0.4, 0.5) is 17.1 Å². The largest absolute Gasteiger partial charge is 0.310 e. The minimum Gasteiger partial charge on any atom is -0.310 e. The maximum Gasteiger partial charge on any atom is 0.0726 e. The molecule has 0 heterocycles. The van der Waals surface area contributed by atoms with Gasteiger partial charge in [0.05, 0.1) is 11.1 Å². The number of hydrogen-bond donors (Lipinski definition) is 0. The molecule has 0 radical (unpaired) electrons. The minimum atomic E-state index is -0.393. The summed E-state index contributed by atoms with van der Waals surface area (Å²) in [6.45, 7) is 6.83. The first-order valence-corrected chi connectivity index (χ1v) is 17.0. The zero-order valence-corrected chi connectivity index (χ0v) is 27.6. The van der Waals surface area contributed by atoms with Gasteiger partial charge in [-0.05, 0) is 91.4 Å². The van der Waals surface area contributed by atoms with E-state index < -0.39 is 5.41 Å². The van der Waals surface area contributed by atoms with Gasteiger partial charge < -0.3 is 4.90 Å². The van der Waals surface area contributed by atoms with Crippen molar-refractivity contribution in [2.45, 2.75) is 31.6 Å². The molecule has 0 unspecified atom stereocenters. The first-order chi connectivity index (χ1) is 23.5. The minimum absolute atomic E-state index is 0.0697. The Kier molecular flexibility index (Phi) is 6.36. The summed E-state index contributed by atoms with van der Waals surface area (Å²) in [5, 5.41) is 0. The van der Waals surface area contributed by atoms with Crippen LogP contribution in [-0.2, 0) is 10.8 Å². The SMILES string of the molecule is CC(C)(C)c1ccc(N(c2ccc3c(c2)C2(c4ccccc4-c4ccccc42)c2ccccc2-3)c2ccccc2-c2ccccc2)cc1. The highest BCUT2D eigenvalue weighted by Crippen LogP contribution is 2.63. The average molecular weight is 616 g/mol. The number of para-hydroxylation sites is 1. The van der Waals surface area contributed by atoms with Gasteiger partial charge in [0, 0.05) is 16.9 Å². The van der Waals surface area contributed by atoms with Crippen molar-refractivity contribution in [2.75, 3.05) is 4.90 Å². The van der Waals surface area contributed by atoms with E-state index in [0.29, 0.717) is 0 Å². The standard InChI is InChI=1S/C47H37N/c1-46(2,3)33-25-27-34(28-26-33)48(45-24-14-10-17-36(45)32-15-5-4-6-16-32)35-29-30-40-39-20-9-13-23-43(39)47(44(40)31-35)41-21-11-7-18-37(41)38-19-8-12-22-42(38)47/h4-31H,1-3H3. The molecule has 9 rings (SSSR count). The van der Waals surface area contributed by atoms with Gasteiger partial charge >= 0.3 is 0 Å². The van der Waals surface area contributed by atoms with Crippen molar-refractivity contribution in [3.05, 3.63) is 198 Å². The Balaban J connectivity index is 1.33. The van der Waals surface area contributed by atoms with Crippen LogP contribution in [0.25, 0.3) is 33.4 Å². The van der Waals surface area contributed by atoms with E-state index >= 15 is 0 Å². The normalized spacial score (nSPS) is 13.5. The Morgan fingerprint density at radius 3 is 1.42 bits per heavy atom. The molecule has 7 aromatic carbocycles. The second-order valence-electron chi connectivity index (χ2n) is 14.1. The van der Waals surface area contributed by atoms with Crippen molar-refractivity contribution in [2.24, 2.45) is 0 Å². The number of hydrogen-bond acceptors (Lipinski definition) is 1. The Bertz CT molecular complexity index is 2260. The third kappa shape index (κ3) is 4.10. The van der Waals surface area contributed by atoms with Gasteiger partial charge in [-0.1, -0.05) is 160 Å². The van der Waals surface area contributed by atoms with Gasteiger partial charge in [-0.15, -0.1) is 0 Å². The zero-order valence-electron chi connectivity index (χ0n) is 27.6. The number of benzene rings is 7. The molecule has 0 aliphatic heterocycles. The van der Waals surface area contributed by atoms with E-state index in [1.807, 2.05) is 0 Å². The van der Waals surface area contributed by atoms with E-state index in [1.54, 1.807) is 0 Å². The molecule has 230 valence electrons. The quantitative estimate of drug-likeness (QED) is 0.190. The van der Waals surface area contributed by atoms with Gasteiger partial charge in [0.15, 0.2) is 0 Å². The Morgan fingerprint density at radius 2 is 0.854 bits per heavy atom. The van der Waals surface area contributed by atoms with Gasteiger partial charge in [-0.25, -0.2) is 0 Å². The maximum absolute atomic E-state index is 2.48. The summed E-state index contributed by atoms with van der Waals surface area (Å²) in [5.41, 5.74) is 17.5. The topological polar surface area (TPSA) is 3.24 Å². The van der Waals surface area contributed by atoms with E-state index in [1.165, 1.54) is 61.2 Å². The van der Waals surface area contributed by atoms with E-state index in [9.17, 15) is 0 Å². The van der Waals surface area contributed by atoms with Crippen molar-refractivity contribution in [1.29, 1.82) is 0 Å². The van der Waals surface area contributed by atoms with Crippen LogP contribution in [0.3, 0.4) is 0 Å². The van der Waals surface area contributed by atoms with Crippen molar-refractivity contribution in [1.82, 2.24) is 0 Å². The number of fused-ring (bicyclic) bond motifs is 10. The van der Waals surface area contributed by atoms with Crippen LogP contribution < -0.4 is 4.90 Å². The summed E-state index contributed by atoms with van der Waals surface area (Å²) < 4.78 is 0. The molecule has 0 saturated heterocycles. The molecule has 1 heteroatoms. The van der Waals surface area contributed by atoms with Crippen LogP contribution in [-0.4, -0.2) is 0 Å². The Hall–Kier alpha value is -5.66. The molecule has 0 N–H and O–H groups in total. The summed E-state index contributed by atoms with van der Waals surface area (Å²) >= 11 is 0. The fraction of sp³-hybridized carbons (Fsp3) is 0.106. The van der Waals surface area contributed by atoms with E-state index in [0.717, 1.165) is 17.1 Å². The molecular formula is C47H37N. The molecule has 1 nitrogen and oxygen atoms in total. The van der Waals surface area contributed by atoms with E-state index in [-0.39, 0.29) is 5.41 Å². The molecule has 0 amide bonds. The van der Waals surface area contributed by atoms with E-state index in [2.05, 4.69) is 196 Å². The second kappa shape index (κ2) is 10.7. The molecule has 0 aromatic heterocycles. The van der Waals surface area contributed by atoms with Crippen LogP contribution in [0.15, 0.2) is 170 Å². The first kappa shape index (κ1) is 28.6. The van der Waals surface area contributed by atoms with Gasteiger partial charge in [0.1, 0.15) is 0 Å². The van der Waals surface area contributed by atoms with Crippen LogP contribution in [0.5, 0.6) is 0 Å². The van der Waals surface area contributed by atoms with Crippen LogP contribution in [0.1, 0.15) is 48.6 Å².